The van der Waals surface area contributed by atoms with Crippen LogP contribution in [0.4, 0.5) is 0 Å². The number of nitrogens with zero attached hydrogens (tertiary/aromatic N) is 3. The number of aryl methyl sites for hydroxylation is 2. The number of carbonyl (C=O) groups is 1. The SMILES string of the molecule is CCCCn1c(=O)[nH]c(=O)c2c1nc(COC(=O)c1cccc(O)c1)n2C. The summed E-state index contributed by atoms with van der Waals surface area (Å²) in [4.78, 5) is 43.1. The number of aromatic amines is 1. The maximum Gasteiger partial charge on any atom is 0.338 e. The van der Waals surface area contributed by atoms with Gasteiger partial charge in [0, 0.05) is 13.6 Å². The topological polar surface area (TPSA) is 119 Å². The molecule has 3 rings (SSSR count). The molecular formula is C18H20N4O5. The number of benzene rings is 1. The van der Waals surface area contributed by atoms with Crippen molar-refractivity contribution in [1.29, 1.82) is 0 Å². The van der Waals surface area contributed by atoms with Gasteiger partial charge in [0.25, 0.3) is 5.56 Å². The van der Waals surface area contributed by atoms with Gasteiger partial charge in [0.15, 0.2) is 11.2 Å². The Kier molecular flexibility index (Phi) is 5.11. The molecule has 0 fully saturated rings. The molecule has 1 aromatic carbocycles. The van der Waals surface area contributed by atoms with Crippen molar-refractivity contribution in [3.8, 4) is 5.75 Å². The van der Waals surface area contributed by atoms with Crippen molar-refractivity contribution in [2.45, 2.75) is 32.9 Å². The normalized spacial score (nSPS) is 11.0. The lowest BCUT2D eigenvalue weighted by Crippen LogP contribution is -2.31. The average Bonchev–Trinajstić information content (AvgIpc) is 2.96. The summed E-state index contributed by atoms with van der Waals surface area (Å²) in [5, 5.41) is 9.45. The van der Waals surface area contributed by atoms with Crippen LogP contribution >= 0.6 is 0 Å². The molecule has 0 spiro atoms. The van der Waals surface area contributed by atoms with Crippen LogP contribution in [0.25, 0.3) is 11.2 Å². The number of H-pyrrole nitrogens is 1. The van der Waals surface area contributed by atoms with Crippen LogP contribution in [0.5, 0.6) is 5.75 Å². The summed E-state index contributed by atoms with van der Waals surface area (Å²) in [6.45, 7) is 2.25. The molecule has 3 aromatic rings. The second-order valence-corrected chi connectivity index (χ2v) is 6.15. The van der Waals surface area contributed by atoms with Crippen molar-refractivity contribution >= 4 is 17.1 Å². The van der Waals surface area contributed by atoms with E-state index >= 15 is 0 Å². The molecule has 0 aliphatic carbocycles. The fraction of sp³-hybridized carbons (Fsp3) is 0.333. The van der Waals surface area contributed by atoms with E-state index in [4.69, 9.17) is 4.74 Å². The zero-order valence-electron chi connectivity index (χ0n) is 15.1. The monoisotopic (exact) mass is 372 g/mol. The number of carbonyl (C=O) groups excluding carboxylic acids is 1. The molecule has 0 saturated heterocycles. The Morgan fingerprint density at radius 2 is 2.11 bits per heavy atom. The fourth-order valence-electron chi connectivity index (χ4n) is 2.79. The fourth-order valence-corrected chi connectivity index (χ4v) is 2.79. The van der Waals surface area contributed by atoms with Crippen LogP contribution in [-0.4, -0.2) is 30.2 Å². The van der Waals surface area contributed by atoms with Crippen LogP contribution in [0.2, 0.25) is 0 Å². The predicted octanol–water partition coefficient (Wildman–Crippen LogP) is 1.29. The first kappa shape index (κ1) is 18.4. The van der Waals surface area contributed by atoms with Crippen LogP contribution in [0.3, 0.4) is 0 Å². The summed E-state index contributed by atoms with van der Waals surface area (Å²) in [6.07, 6.45) is 1.65. The van der Waals surface area contributed by atoms with Crippen molar-refractivity contribution in [3.63, 3.8) is 0 Å². The first-order chi connectivity index (χ1) is 12.9. The molecule has 9 nitrogen and oxygen atoms in total. The summed E-state index contributed by atoms with van der Waals surface area (Å²) < 4.78 is 8.16. The van der Waals surface area contributed by atoms with Crippen molar-refractivity contribution < 1.29 is 14.6 Å². The van der Waals surface area contributed by atoms with Crippen LogP contribution in [0.15, 0.2) is 33.9 Å². The summed E-state index contributed by atoms with van der Waals surface area (Å²) in [5.41, 5.74) is -0.339. The minimum absolute atomic E-state index is 0.0429. The number of fused-ring (bicyclic) bond motifs is 1. The van der Waals surface area contributed by atoms with Crippen LogP contribution in [-0.2, 0) is 24.9 Å². The molecular weight excluding hydrogens is 352 g/mol. The van der Waals surface area contributed by atoms with E-state index < -0.39 is 17.2 Å². The number of hydrogen-bond donors (Lipinski definition) is 2. The molecule has 0 unspecified atom stereocenters. The molecule has 0 bridgehead atoms. The van der Waals surface area contributed by atoms with E-state index in [0.717, 1.165) is 12.8 Å². The van der Waals surface area contributed by atoms with Crippen molar-refractivity contribution in [2.24, 2.45) is 7.05 Å². The van der Waals surface area contributed by atoms with Crippen molar-refractivity contribution in [1.82, 2.24) is 19.1 Å². The van der Waals surface area contributed by atoms with Crippen LogP contribution < -0.4 is 11.2 Å². The highest BCUT2D eigenvalue weighted by molar-refractivity contribution is 5.89. The van der Waals surface area contributed by atoms with E-state index in [2.05, 4.69) is 9.97 Å². The van der Waals surface area contributed by atoms with Gasteiger partial charge in [-0.05, 0) is 24.6 Å². The lowest BCUT2D eigenvalue weighted by molar-refractivity contribution is 0.0459. The quantitative estimate of drug-likeness (QED) is 0.629. The molecule has 0 atom stereocenters. The molecule has 0 saturated carbocycles. The first-order valence-corrected chi connectivity index (χ1v) is 8.57. The molecule has 0 aliphatic rings. The molecule has 0 radical (unpaired) electrons. The largest absolute Gasteiger partial charge is 0.508 e. The van der Waals surface area contributed by atoms with Gasteiger partial charge in [0.2, 0.25) is 0 Å². The average molecular weight is 372 g/mol. The Morgan fingerprint density at radius 3 is 2.81 bits per heavy atom. The van der Waals surface area contributed by atoms with Gasteiger partial charge in [-0.1, -0.05) is 19.4 Å². The van der Waals surface area contributed by atoms with Crippen molar-refractivity contribution in [3.05, 3.63) is 56.5 Å². The summed E-state index contributed by atoms with van der Waals surface area (Å²) in [6, 6.07) is 5.80. The highest BCUT2D eigenvalue weighted by atomic mass is 16.5. The van der Waals surface area contributed by atoms with E-state index in [1.807, 2.05) is 6.92 Å². The minimum atomic E-state index is -0.629. The van der Waals surface area contributed by atoms with E-state index in [0.29, 0.717) is 12.4 Å². The number of phenols is 1. The third-order valence-corrected chi connectivity index (χ3v) is 4.26. The number of unbranched alkanes of at least 4 members (excludes halogenated alkanes) is 1. The number of imidazole rings is 1. The van der Waals surface area contributed by atoms with Gasteiger partial charge >= 0.3 is 11.7 Å². The maximum atomic E-state index is 12.2. The molecule has 2 heterocycles. The number of rotatable bonds is 6. The number of aromatic nitrogens is 4. The standard InChI is InChI=1S/C18H20N4O5/c1-3-4-8-22-15-14(16(24)20-18(22)26)21(2)13(19-15)10-27-17(25)11-6-5-7-12(23)9-11/h5-7,9,23H,3-4,8,10H2,1-2H3,(H,20,24,26). The van der Waals surface area contributed by atoms with Gasteiger partial charge in [-0.2, -0.15) is 0 Å². The van der Waals surface area contributed by atoms with Gasteiger partial charge in [0.05, 0.1) is 5.56 Å². The summed E-state index contributed by atoms with van der Waals surface area (Å²) in [7, 11) is 1.62. The third kappa shape index (κ3) is 3.62. The number of hydrogen-bond acceptors (Lipinski definition) is 6. The first-order valence-electron chi connectivity index (χ1n) is 8.57. The molecule has 142 valence electrons. The molecule has 27 heavy (non-hydrogen) atoms. The Bertz CT molecular complexity index is 1110. The van der Waals surface area contributed by atoms with Gasteiger partial charge in [0.1, 0.15) is 18.2 Å². The zero-order valence-corrected chi connectivity index (χ0v) is 15.1. The Labute approximate surface area is 153 Å². The predicted molar refractivity (Wildman–Crippen MR) is 97.7 cm³/mol. The lowest BCUT2D eigenvalue weighted by atomic mass is 10.2. The summed E-state index contributed by atoms with van der Waals surface area (Å²) in [5.74, 6) is -0.339. The van der Waals surface area contributed by atoms with Gasteiger partial charge in [-0.3, -0.25) is 14.3 Å². The van der Waals surface area contributed by atoms with Gasteiger partial charge in [-0.15, -0.1) is 0 Å². The minimum Gasteiger partial charge on any atom is -0.508 e. The maximum absolute atomic E-state index is 12.2. The third-order valence-electron chi connectivity index (χ3n) is 4.26. The second kappa shape index (κ2) is 7.48. The highest BCUT2D eigenvalue weighted by Crippen LogP contribution is 2.14. The van der Waals surface area contributed by atoms with Crippen molar-refractivity contribution in [2.75, 3.05) is 0 Å². The number of phenolic OH excluding ortho intramolecular Hbond substituents is 1. The molecule has 0 amide bonds. The molecule has 2 N–H and O–H groups in total. The van der Waals surface area contributed by atoms with E-state index in [-0.39, 0.29) is 29.1 Å². The Balaban J connectivity index is 1.92. The Hall–Kier alpha value is -3.36. The van der Waals surface area contributed by atoms with Crippen LogP contribution in [0.1, 0.15) is 35.9 Å². The van der Waals surface area contributed by atoms with Gasteiger partial charge < -0.3 is 14.4 Å². The highest BCUT2D eigenvalue weighted by Gasteiger charge is 2.18. The van der Waals surface area contributed by atoms with E-state index in [1.165, 1.54) is 33.4 Å². The molecule has 0 aliphatic heterocycles. The number of esters is 1. The number of nitrogens with one attached hydrogen (secondary N) is 1. The molecule has 9 heteroatoms. The smallest absolute Gasteiger partial charge is 0.338 e. The zero-order chi connectivity index (χ0) is 19.6. The number of aromatic hydroxyl groups is 1. The lowest BCUT2D eigenvalue weighted by Gasteiger charge is -2.05. The Morgan fingerprint density at radius 1 is 1.33 bits per heavy atom. The van der Waals surface area contributed by atoms with E-state index in [1.54, 1.807) is 7.05 Å². The van der Waals surface area contributed by atoms with Crippen LogP contribution in [0, 0.1) is 0 Å². The summed E-state index contributed by atoms with van der Waals surface area (Å²) >= 11 is 0. The van der Waals surface area contributed by atoms with Gasteiger partial charge in [-0.25, -0.2) is 14.6 Å². The second-order valence-electron chi connectivity index (χ2n) is 6.15. The number of ether oxygens (including phenoxy) is 1. The van der Waals surface area contributed by atoms with E-state index in [9.17, 15) is 19.5 Å². The molecule has 2 aromatic heterocycles.